The second-order valence-corrected chi connectivity index (χ2v) is 6.45. The molecule has 30 heavy (non-hydrogen) atoms. The van der Waals surface area contributed by atoms with Crippen LogP contribution in [0.15, 0.2) is 33.9 Å². The topological polar surface area (TPSA) is 180 Å². The summed E-state index contributed by atoms with van der Waals surface area (Å²) in [7, 11) is 2.59. The largest absolute Gasteiger partial charge is 0.468 e. The Morgan fingerprint density at radius 1 is 1.33 bits per heavy atom. The summed E-state index contributed by atoms with van der Waals surface area (Å²) in [4.78, 5) is 59.3. The van der Waals surface area contributed by atoms with E-state index in [1.54, 1.807) is 24.3 Å². The smallest absolute Gasteiger partial charge is 0.331 e. The molecule has 0 amide bonds. The van der Waals surface area contributed by atoms with Gasteiger partial charge in [-0.25, -0.2) is 14.3 Å². The van der Waals surface area contributed by atoms with Gasteiger partial charge in [0.05, 0.1) is 13.7 Å². The zero-order valence-electron chi connectivity index (χ0n) is 16.1. The average Bonchev–Trinajstić information content (AvgIpc) is 3.15. The molecule has 1 unspecified atom stereocenters. The molecule has 0 radical (unpaired) electrons. The van der Waals surface area contributed by atoms with Crippen molar-refractivity contribution in [3.8, 4) is 11.4 Å². The molecule has 0 spiro atoms. The van der Waals surface area contributed by atoms with Crippen LogP contribution < -0.4 is 17.0 Å². The first kappa shape index (κ1) is 20.7. The third kappa shape index (κ3) is 3.75. The van der Waals surface area contributed by atoms with Crippen LogP contribution in [0.2, 0.25) is 0 Å². The minimum atomic E-state index is -1.33. The highest BCUT2D eigenvalue weighted by molar-refractivity contribution is 5.95. The van der Waals surface area contributed by atoms with Crippen molar-refractivity contribution in [3.05, 3.63) is 50.7 Å². The van der Waals surface area contributed by atoms with E-state index in [1.807, 2.05) is 0 Å². The number of imidazole rings is 1. The van der Waals surface area contributed by atoms with Gasteiger partial charge in [0.2, 0.25) is 0 Å². The fraction of sp³-hybridized carbons (Fsp3) is 0.222. The van der Waals surface area contributed by atoms with Crippen LogP contribution in [0, 0.1) is 5.41 Å². The Labute approximate surface area is 168 Å². The standard InChI is InChI=1S/C18H19N7O5/c1-24(7-12(27)30-2)11(8-26)25-17(28)13-16(23-18(25)29)22-15(21-13)10-5-3-9(4-6-10)14(19)20/h3-6,8,11H,7H2,1-2H3,(H3,19,20)(H,21,22)(H,23,29). The first-order valence-electron chi connectivity index (χ1n) is 8.68. The lowest BCUT2D eigenvalue weighted by molar-refractivity contribution is -0.142. The van der Waals surface area contributed by atoms with Crippen LogP contribution in [0.3, 0.4) is 0 Å². The summed E-state index contributed by atoms with van der Waals surface area (Å²) in [6, 6.07) is 6.55. The number of aromatic nitrogens is 4. The fourth-order valence-corrected chi connectivity index (χ4v) is 2.90. The van der Waals surface area contributed by atoms with E-state index in [1.165, 1.54) is 19.1 Å². The predicted molar refractivity (Wildman–Crippen MR) is 107 cm³/mol. The number of esters is 1. The number of benzene rings is 1. The molecule has 0 bridgehead atoms. The number of nitrogen functional groups attached to an aromatic ring is 1. The molecule has 5 N–H and O–H groups in total. The molecular formula is C18H19N7O5. The van der Waals surface area contributed by atoms with Crippen molar-refractivity contribution in [2.24, 2.45) is 5.73 Å². The zero-order chi connectivity index (χ0) is 22.0. The maximum atomic E-state index is 12.9. The van der Waals surface area contributed by atoms with Gasteiger partial charge in [-0.05, 0) is 7.05 Å². The zero-order valence-corrected chi connectivity index (χ0v) is 16.1. The summed E-state index contributed by atoms with van der Waals surface area (Å²) < 4.78 is 5.24. The van der Waals surface area contributed by atoms with E-state index < -0.39 is 23.4 Å². The summed E-state index contributed by atoms with van der Waals surface area (Å²) in [6.07, 6.45) is -0.949. The number of nitrogens with one attached hydrogen (secondary N) is 3. The number of hydrogen-bond donors (Lipinski definition) is 4. The van der Waals surface area contributed by atoms with Crippen LogP contribution in [0.5, 0.6) is 0 Å². The number of carbonyl (C=O) groups is 2. The Kier molecular flexibility index (Phi) is 5.60. The molecular weight excluding hydrogens is 394 g/mol. The van der Waals surface area contributed by atoms with E-state index in [2.05, 4.69) is 19.7 Å². The van der Waals surface area contributed by atoms with Crippen LogP contribution in [0.1, 0.15) is 11.7 Å². The maximum Gasteiger partial charge on any atom is 0.331 e. The van der Waals surface area contributed by atoms with Gasteiger partial charge in [-0.3, -0.25) is 29.7 Å². The Hall–Kier alpha value is -4.06. The van der Waals surface area contributed by atoms with Gasteiger partial charge in [-0.2, -0.15) is 0 Å². The molecule has 12 heteroatoms. The molecule has 3 aromatic rings. The lowest BCUT2D eigenvalue weighted by atomic mass is 10.1. The summed E-state index contributed by atoms with van der Waals surface area (Å²) in [5.74, 6) is -0.418. The van der Waals surface area contributed by atoms with E-state index >= 15 is 0 Å². The van der Waals surface area contributed by atoms with Crippen molar-refractivity contribution in [1.82, 2.24) is 24.4 Å². The minimum absolute atomic E-state index is 0.0152. The third-order valence-corrected chi connectivity index (χ3v) is 4.49. The summed E-state index contributed by atoms with van der Waals surface area (Å²) >= 11 is 0. The number of rotatable bonds is 7. The molecule has 1 atom stereocenters. The van der Waals surface area contributed by atoms with Crippen molar-refractivity contribution in [1.29, 1.82) is 5.41 Å². The number of carbonyl (C=O) groups excluding carboxylic acids is 2. The van der Waals surface area contributed by atoms with Gasteiger partial charge in [0.15, 0.2) is 18.1 Å². The molecule has 1 aromatic carbocycles. The predicted octanol–water partition coefficient (Wildman–Crippen LogP) is -0.834. The number of hydrogen-bond acceptors (Lipinski definition) is 8. The van der Waals surface area contributed by atoms with Crippen molar-refractivity contribution >= 4 is 29.3 Å². The minimum Gasteiger partial charge on any atom is -0.468 e. The van der Waals surface area contributed by atoms with Crippen molar-refractivity contribution in [3.63, 3.8) is 0 Å². The number of H-pyrrole nitrogens is 2. The van der Waals surface area contributed by atoms with Gasteiger partial charge in [-0.1, -0.05) is 24.3 Å². The quantitative estimate of drug-likeness (QED) is 0.167. The summed E-state index contributed by atoms with van der Waals surface area (Å²) in [6.45, 7) is -0.305. The SMILES string of the molecule is COC(=O)CN(C)C(C=O)n1c(=O)[nH]c2nc(-c3ccc(C(=N)N)cc3)[nH]c2c1=O. The second-order valence-electron chi connectivity index (χ2n) is 6.45. The molecule has 3 rings (SSSR count). The number of aromatic amines is 2. The highest BCUT2D eigenvalue weighted by Crippen LogP contribution is 2.18. The van der Waals surface area contributed by atoms with Gasteiger partial charge in [0.1, 0.15) is 17.2 Å². The average molecular weight is 413 g/mol. The van der Waals surface area contributed by atoms with Crippen molar-refractivity contribution in [2.45, 2.75) is 6.17 Å². The van der Waals surface area contributed by atoms with E-state index in [-0.39, 0.29) is 23.5 Å². The van der Waals surface area contributed by atoms with Crippen LogP contribution >= 0.6 is 0 Å². The molecule has 0 aliphatic carbocycles. The van der Waals surface area contributed by atoms with Gasteiger partial charge < -0.3 is 15.5 Å². The van der Waals surface area contributed by atoms with Crippen molar-refractivity contribution < 1.29 is 14.3 Å². The first-order valence-corrected chi connectivity index (χ1v) is 8.68. The highest BCUT2D eigenvalue weighted by Gasteiger charge is 2.24. The molecule has 12 nitrogen and oxygen atoms in total. The normalized spacial score (nSPS) is 12.1. The molecule has 0 aliphatic heterocycles. The number of ether oxygens (including phenoxy) is 1. The van der Waals surface area contributed by atoms with Crippen LogP contribution in [-0.4, -0.2) is 63.2 Å². The molecule has 0 fully saturated rings. The number of nitrogens with two attached hydrogens (primary N) is 1. The Morgan fingerprint density at radius 2 is 2.00 bits per heavy atom. The Morgan fingerprint density at radius 3 is 2.57 bits per heavy atom. The summed E-state index contributed by atoms with van der Waals surface area (Å²) in [5, 5.41) is 7.43. The lowest BCUT2D eigenvalue weighted by Crippen LogP contribution is -2.46. The number of likely N-dealkylation sites (N-methyl/N-ethyl adjacent to an activating group) is 1. The fourth-order valence-electron chi connectivity index (χ4n) is 2.90. The second kappa shape index (κ2) is 8.13. The maximum absolute atomic E-state index is 12.9. The lowest BCUT2D eigenvalue weighted by Gasteiger charge is -2.22. The number of aldehydes is 1. The van der Waals surface area contributed by atoms with E-state index in [9.17, 15) is 19.2 Å². The summed E-state index contributed by atoms with van der Waals surface area (Å²) in [5.41, 5.74) is 4.93. The molecule has 2 aromatic heterocycles. The monoisotopic (exact) mass is 413 g/mol. The molecule has 0 saturated carbocycles. The first-order chi connectivity index (χ1) is 14.3. The number of nitrogens with zero attached hydrogens (tertiary/aromatic N) is 3. The Bertz CT molecular complexity index is 1240. The molecule has 2 heterocycles. The van der Waals surface area contributed by atoms with Crippen LogP contribution in [-0.2, 0) is 14.3 Å². The molecule has 0 aliphatic rings. The van der Waals surface area contributed by atoms with Gasteiger partial charge in [-0.15, -0.1) is 0 Å². The number of fused-ring (bicyclic) bond motifs is 1. The third-order valence-electron chi connectivity index (χ3n) is 4.49. The Balaban J connectivity index is 2.07. The van der Waals surface area contributed by atoms with Crippen molar-refractivity contribution in [2.75, 3.05) is 20.7 Å². The van der Waals surface area contributed by atoms with Crippen LogP contribution in [0.4, 0.5) is 0 Å². The molecule has 0 saturated heterocycles. The van der Waals surface area contributed by atoms with Gasteiger partial charge >= 0.3 is 11.7 Å². The van der Waals surface area contributed by atoms with Crippen LogP contribution in [0.25, 0.3) is 22.6 Å². The molecule has 156 valence electrons. The van der Waals surface area contributed by atoms with Gasteiger partial charge in [0, 0.05) is 11.1 Å². The number of methoxy groups -OCH3 is 1. The van der Waals surface area contributed by atoms with E-state index in [4.69, 9.17) is 11.1 Å². The number of amidine groups is 1. The highest BCUT2D eigenvalue weighted by atomic mass is 16.5. The van der Waals surface area contributed by atoms with E-state index in [0.717, 1.165) is 0 Å². The van der Waals surface area contributed by atoms with E-state index in [0.29, 0.717) is 27.8 Å². The van der Waals surface area contributed by atoms with Gasteiger partial charge in [0.25, 0.3) is 5.56 Å².